The van der Waals surface area contributed by atoms with Gasteiger partial charge in [-0.1, -0.05) is 12.1 Å². The van der Waals surface area contributed by atoms with Gasteiger partial charge >= 0.3 is 5.97 Å². The zero-order valence-corrected chi connectivity index (χ0v) is 11.5. The highest BCUT2D eigenvalue weighted by Gasteiger charge is 2.15. The van der Waals surface area contributed by atoms with Crippen LogP contribution in [0.5, 0.6) is 5.75 Å². The van der Waals surface area contributed by atoms with Crippen molar-refractivity contribution in [1.29, 1.82) is 0 Å². The zero-order valence-electron chi connectivity index (χ0n) is 11.5. The number of aromatic nitrogens is 1. The lowest BCUT2D eigenvalue weighted by Gasteiger charge is -2.13. The number of hydrogen-bond acceptors (Lipinski definition) is 4. The molecule has 20 heavy (non-hydrogen) atoms. The largest absolute Gasteiger partial charge is 0.490 e. The number of benzene rings is 1. The van der Waals surface area contributed by atoms with E-state index in [0.717, 1.165) is 0 Å². The van der Waals surface area contributed by atoms with Crippen molar-refractivity contribution in [3.8, 4) is 5.75 Å². The average molecular weight is 275 g/mol. The minimum absolute atomic E-state index is 0.0632. The van der Waals surface area contributed by atoms with Crippen LogP contribution in [-0.2, 0) is 4.74 Å². The molecule has 1 N–H and O–H groups in total. The molecule has 2 aromatic rings. The van der Waals surface area contributed by atoms with Crippen molar-refractivity contribution in [3.05, 3.63) is 36.0 Å². The second-order valence-corrected chi connectivity index (χ2v) is 4.59. The molecule has 0 aliphatic rings. The van der Waals surface area contributed by atoms with E-state index >= 15 is 0 Å². The maximum absolute atomic E-state index is 11.3. The van der Waals surface area contributed by atoms with Crippen molar-refractivity contribution >= 4 is 16.9 Å². The molecule has 106 valence electrons. The van der Waals surface area contributed by atoms with Crippen LogP contribution in [0.15, 0.2) is 30.5 Å². The highest BCUT2D eigenvalue weighted by Crippen LogP contribution is 2.28. The summed E-state index contributed by atoms with van der Waals surface area (Å²) in [6.45, 7) is 4.58. The fourth-order valence-electron chi connectivity index (χ4n) is 1.85. The van der Waals surface area contributed by atoms with Gasteiger partial charge in [0.1, 0.15) is 17.9 Å². The van der Waals surface area contributed by atoms with Gasteiger partial charge in [-0.05, 0) is 26.0 Å². The van der Waals surface area contributed by atoms with Gasteiger partial charge in [-0.25, -0.2) is 4.79 Å². The first-order chi connectivity index (χ1) is 9.59. The zero-order chi connectivity index (χ0) is 14.5. The molecule has 1 aromatic heterocycles. The molecule has 0 radical (unpaired) electrons. The lowest BCUT2D eigenvalue weighted by molar-refractivity contribution is 0.0542. The van der Waals surface area contributed by atoms with Gasteiger partial charge in [0.05, 0.1) is 18.2 Å². The maximum Gasteiger partial charge on any atom is 0.341 e. The lowest BCUT2D eigenvalue weighted by Crippen LogP contribution is -2.13. The van der Waals surface area contributed by atoms with Crippen molar-refractivity contribution in [2.75, 3.05) is 13.2 Å². The molecule has 2 rings (SSSR count). The Morgan fingerprint density at radius 3 is 2.75 bits per heavy atom. The number of carbonyl (C=O) groups is 1. The van der Waals surface area contributed by atoms with Crippen LogP contribution >= 0.6 is 0 Å². The van der Waals surface area contributed by atoms with Gasteiger partial charge in [0.15, 0.2) is 0 Å². The summed E-state index contributed by atoms with van der Waals surface area (Å²) in [5.74, 6) is -0.710. The van der Waals surface area contributed by atoms with Gasteiger partial charge in [-0.15, -0.1) is 0 Å². The predicted molar refractivity (Wildman–Crippen MR) is 75.3 cm³/mol. The van der Waals surface area contributed by atoms with Crippen LogP contribution in [0.4, 0.5) is 0 Å². The Morgan fingerprint density at radius 1 is 1.30 bits per heavy atom. The van der Waals surface area contributed by atoms with Crippen LogP contribution in [0.3, 0.4) is 0 Å². The van der Waals surface area contributed by atoms with Crippen LogP contribution in [0.1, 0.15) is 24.2 Å². The molecule has 0 atom stereocenters. The minimum atomic E-state index is -1.05. The Hall–Kier alpha value is -2.14. The summed E-state index contributed by atoms with van der Waals surface area (Å²) in [4.78, 5) is 15.4. The molecule has 0 fully saturated rings. The molecule has 1 aromatic carbocycles. The lowest BCUT2D eigenvalue weighted by atomic mass is 10.1. The Labute approximate surface area is 117 Å². The molecule has 5 heteroatoms. The second kappa shape index (κ2) is 6.34. The topological polar surface area (TPSA) is 68.7 Å². The summed E-state index contributed by atoms with van der Waals surface area (Å²) in [5, 5.41) is 9.91. The first kappa shape index (κ1) is 14.3. The fraction of sp³-hybridized carbons (Fsp3) is 0.333. The van der Waals surface area contributed by atoms with Gasteiger partial charge < -0.3 is 14.6 Å². The molecule has 0 saturated carbocycles. The molecule has 0 unspecified atom stereocenters. The monoisotopic (exact) mass is 275 g/mol. The summed E-state index contributed by atoms with van der Waals surface area (Å²) < 4.78 is 11.0. The van der Waals surface area contributed by atoms with Crippen LogP contribution in [0, 0.1) is 0 Å². The highest BCUT2D eigenvalue weighted by atomic mass is 16.5. The van der Waals surface area contributed by atoms with Gasteiger partial charge in [0.25, 0.3) is 0 Å². The summed E-state index contributed by atoms with van der Waals surface area (Å²) in [7, 11) is 0. The first-order valence-corrected chi connectivity index (χ1v) is 6.45. The van der Waals surface area contributed by atoms with E-state index < -0.39 is 5.97 Å². The standard InChI is InChI=1S/C15H17NO4/c1-10(2)19-7-8-20-14-11-5-3-4-6-13(11)16-9-12(14)15(17)18/h3-6,9-10H,7-8H2,1-2H3,(H,17,18). The third-order valence-corrected chi connectivity index (χ3v) is 2.74. The SMILES string of the molecule is CC(C)OCCOc1c(C(=O)O)cnc2ccccc12. The molecular formula is C15H17NO4. The van der Waals surface area contributed by atoms with Gasteiger partial charge in [0.2, 0.25) is 0 Å². The molecule has 0 saturated heterocycles. The maximum atomic E-state index is 11.3. The summed E-state index contributed by atoms with van der Waals surface area (Å²) in [6, 6.07) is 7.29. The highest BCUT2D eigenvalue weighted by molar-refractivity contribution is 5.98. The molecule has 0 aliphatic carbocycles. The van der Waals surface area contributed by atoms with E-state index in [9.17, 15) is 9.90 Å². The molecule has 0 aliphatic heterocycles. The van der Waals surface area contributed by atoms with Crippen LogP contribution in [0.2, 0.25) is 0 Å². The molecular weight excluding hydrogens is 258 g/mol. The molecule has 5 nitrogen and oxygen atoms in total. The van der Waals surface area contributed by atoms with Crippen molar-refractivity contribution in [3.63, 3.8) is 0 Å². The van der Waals surface area contributed by atoms with Crippen molar-refractivity contribution in [2.24, 2.45) is 0 Å². The van der Waals surface area contributed by atoms with E-state index in [2.05, 4.69) is 4.98 Å². The molecule has 0 spiro atoms. The van der Waals surface area contributed by atoms with Crippen molar-refractivity contribution in [1.82, 2.24) is 4.98 Å². The number of carboxylic acids is 1. The van der Waals surface area contributed by atoms with E-state index in [-0.39, 0.29) is 11.7 Å². The second-order valence-electron chi connectivity index (χ2n) is 4.59. The number of hydrogen-bond donors (Lipinski definition) is 1. The Morgan fingerprint density at radius 2 is 2.05 bits per heavy atom. The Bertz CT molecular complexity index is 610. The van der Waals surface area contributed by atoms with Gasteiger partial charge in [-0.3, -0.25) is 4.98 Å². The quantitative estimate of drug-likeness (QED) is 0.821. The van der Waals surface area contributed by atoms with Gasteiger partial charge in [-0.2, -0.15) is 0 Å². The third-order valence-electron chi connectivity index (χ3n) is 2.74. The van der Waals surface area contributed by atoms with Crippen LogP contribution in [-0.4, -0.2) is 35.4 Å². The van der Waals surface area contributed by atoms with Crippen molar-refractivity contribution < 1.29 is 19.4 Å². The normalized spacial score (nSPS) is 10.9. The average Bonchev–Trinajstić information content (AvgIpc) is 2.42. The van der Waals surface area contributed by atoms with Gasteiger partial charge in [0, 0.05) is 11.6 Å². The summed E-state index contributed by atoms with van der Waals surface area (Å²) in [6.07, 6.45) is 1.44. The van der Waals surface area contributed by atoms with E-state index in [0.29, 0.717) is 29.9 Å². The number of nitrogens with zero attached hydrogens (tertiary/aromatic N) is 1. The number of ether oxygens (including phenoxy) is 2. The third kappa shape index (κ3) is 3.24. The van der Waals surface area contributed by atoms with Crippen LogP contribution in [0.25, 0.3) is 10.9 Å². The van der Waals surface area contributed by atoms with Crippen molar-refractivity contribution in [2.45, 2.75) is 20.0 Å². The summed E-state index contributed by atoms with van der Waals surface area (Å²) in [5.41, 5.74) is 0.769. The number of rotatable bonds is 6. The smallest absolute Gasteiger partial charge is 0.341 e. The number of carboxylic acid groups (broad SMARTS) is 1. The number of para-hydroxylation sites is 1. The number of fused-ring (bicyclic) bond motifs is 1. The fourth-order valence-corrected chi connectivity index (χ4v) is 1.85. The summed E-state index contributed by atoms with van der Waals surface area (Å²) >= 11 is 0. The van der Waals surface area contributed by atoms with Crippen LogP contribution < -0.4 is 4.74 Å². The molecule has 0 bridgehead atoms. The Kier molecular flexibility index (Phi) is 4.53. The van der Waals surface area contributed by atoms with E-state index in [1.54, 1.807) is 6.07 Å². The van der Waals surface area contributed by atoms with E-state index in [1.807, 2.05) is 32.0 Å². The number of pyridine rings is 1. The predicted octanol–water partition coefficient (Wildman–Crippen LogP) is 2.74. The minimum Gasteiger partial charge on any atom is -0.490 e. The Balaban J connectivity index is 2.28. The first-order valence-electron chi connectivity index (χ1n) is 6.45. The number of aromatic carboxylic acids is 1. The van der Waals surface area contributed by atoms with E-state index in [4.69, 9.17) is 9.47 Å². The molecule has 1 heterocycles. The van der Waals surface area contributed by atoms with E-state index in [1.165, 1.54) is 6.20 Å². The molecule has 0 amide bonds.